The number of aromatic nitrogens is 1. The molecule has 3 heteroatoms. The van der Waals surface area contributed by atoms with Crippen LogP contribution in [-0.2, 0) is 0 Å². The Morgan fingerprint density at radius 2 is 1.58 bits per heavy atom. The van der Waals surface area contributed by atoms with Crippen LogP contribution in [0.25, 0.3) is 6.08 Å². The van der Waals surface area contributed by atoms with Crippen LogP contribution in [-0.4, -0.2) is 16.9 Å². The van der Waals surface area contributed by atoms with E-state index in [1.165, 1.54) is 32.3 Å². The van der Waals surface area contributed by atoms with Gasteiger partial charge in [0.1, 0.15) is 0 Å². The van der Waals surface area contributed by atoms with E-state index in [-0.39, 0.29) is 0 Å². The summed E-state index contributed by atoms with van der Waals surface area (Å²) in [5.74, 6) is 0. The molecule has 2 nitrogen and oxygen atoms in total. The number of rotatable bonds is 1. The van der Waals surface area contributed by atoms with Crippen molar-refractivity contribution >= 4 is 17.8 Å². The molecule has 0 aromatic carbocycles. The molecule has 0 N–H and O–H groups in total. The molecular formula is C16H22N2S. The van der Waals surface area contributed by atoms with Crippen molar-refractivity contribution in [1.29, 1.82) is 0 Å². The number of hydrogen-bond donors (Lipinski definition) is 0. The molecule has 0 radical (unpaired) electrons. The minimum atomic E-state index is 1.09. The summed E-state index contributed by atoms with van der Waals surface area (Å²) in [6.45, 7) is 12.9. The van der Waals surface area contributed by atoms with E-state index in [9.17, 15) is 0 Å². The average molecular weight is 274 g/mol. The number of nitrogens with zero attached hydrogens (tertiary/aromatic N) is 2. The third-order valence-electron chi connectivity index (χ3n) is 4.20. The van der Waals surface area contributed by atoms with Gasteiger partial charge in [-0.2, -0.15) is 0 Å². The van der Waals surface area contributed by atoms with Crippen LogP contribution in [0.4, 0.5) is 0 Å². The zero-order valence-corrected chi connectivity index (χ0v) is 13.7. The van der Waals surface area contributed by atoms with Gasteiger partial charge in [-0.3, -0.25) is 4.98 Å². The van der Waals surface area contributed by atoms with Gasteiger partial charge in [-0.15, -0.1) is 0 Å². The normalized spacial score (nSPS) is 17.8. The second kappa shape index (κ2) is 5.04. The van der Waals surface area contributed by atoms with Crippen molar-refractivity contribution < 1.29 is 0 Å². The predicted octanol–water partition coefficient (Wildman–Crippen LogP) is 4.54. The maximum atomic E-state index is 4.75. The molecule has 0 atom stereocenters. The summed E-state index contributed by atoms with van der Waals surface area (Å²) in [5.41, 5.74) is 7.49. The van der Waals surface area contributed by atoms with Crippen LogP contribution >= 0.6 is 11.8 Å². The first-order valence-electron chi connectivity index (χ1n) is 6.58. The maximum absolute atomic E-state index is 4.75. The van der Waals surface area contributed by atoms with E-state index >= 15 is 0 Å². The number of allylic oxidation sites excluding steroid dienone is 2. The van der Waals surface area contributed by atoms with Crippen molar-refractivity contribution in [3.63, 3.8) is 0 Å². The van der Waals surface area contributed by atoms with E-state index in [4.69, 9.17) is 4.98 Å². The Bertz CT molecular complexity index is 597. The first kappa shape index (κ1) is 14.2. The minimum absolute atomic E-state index is 1.09. The van der Waals surface area contributed by atoms with Crippen molar-refractivity contribution in [2.45, 2.75) is 41.5 Å². The van der Waals surface area contributed by atoms with Gasteiger partial charge in [0, 0.05) is 23.3 Å². The lowest BCUT2D eigenvalue weighted by Gasteiger charge is -2.16. The summed E-state index contributed by atoms with van der Waals surface area (Å²) in [6, 6.07) is 0. The van der Waals surface area contributed by atoms with E-state index in [0.717, 1.165) is 11.4 Å². The fourth-order valence-electron chi connectivity index (χ4n) is 2.18. The standard InChI is InChI=1S/C16H22N2S/c1-9-10(2)12(4)17-15(11(9)3)8-16-18(7)13(5)14(6)19-16/h8H,1-7H3/b16-8-. The van der Waals surface area contributed by atoms with Crippen molar-refractivity contribution in [2.75, 3.05) is 7.05 Å². The van der Waals surface area contributed by atoms with E-state index in [2.05, 4.69) is 59.6 Å². The largest absolute Gasteiger partial charge is 0.342 e. The Balaban J connectivity index is 2.46. The lowest BCUT2D eigenvalue weighted by atomic mass is 10.0. The second-order valence-electron chi connectivity index (χ2n) is 5.24. The molecule has 2 heterocycles. The second-order valence-corrected chi connectivity index (χ2v) is 6.48. The molecule has 0 amide bonds. The molecule has 0 aliphatic carbocycles. The van der Waals surface area contributed by atoms with Crippen LogP contribution < -0.4 is 0 Å². The Morgan fingerprint density at radius 1 is 0.947 bits per heavy atom. The van der Waals surface area contributed by atoms with Crippen molar-refractivity contribution in [3.05, 3.63) is 43.7 Å². The van der Waals surface area contributed by atoms with Gasteiger partial charge >= 0.3 is 0 Å². The highest BCUT2D eigenvalue weighted by molar-refractivity contribution is 8.07. The molecule has 0 fully saturated rings. The van der Waals surface area contributed by atoms with Gasteiger partial charge < -0.3 is 4.90 Å². The number of hydrogen-bond acceptors (Lipinski definition) is 3. The quantitative estimate of drug-likeness (QED) is 0.747. The average Bonchev–Trinajstić information content (AvgIpc) is 2.61. The summed E-state index contributed by atoms with van der Waals surface area (Å²) in [5, 5.41) is 1.26. The van der Waals surface area contributed by atoms with Gasteiger partial charge in [0.25, 0.3) is 0 Å². The molecule has 1 aliphatic heterocycles. The van der Waals surface area contributed by atoms with Crippen LogP contribution in [0.5, 0.6) is 0 Å². The highest BCUT2D eigenvalue weighted by Gasteiger charge is 2.19. The molecule has 1 aliphatic rings. The molecule has 2 rings (SSSR count). The Labute approximate surface area is 120 Å². The highest BCUT2D eigenvalue weighted by atomic mass is 32.2. The number of pyridine rings is 1. The van der Waals surface area contributed by atoms with E-state index < -0.39 is 0 Å². The SMILES string of the molecule is CC1=C(C)N(C)/C(=C/c2nc(C)c(C)c(C)c2C)S1. The molecule has 1 aromatic heterocycles. The zero-order valence-electron chi connectivity index (χ0n) is 12.9. The fourth-order valence-corrected chi connectivity index (χ4v) is 3.22. The molecule has 19 heavy (non-hydrogen) atoms. The van der Waals surface area contributed by atoms with Gasteiger partial charge in [0.05, 0.1) is 10.7 Å². The first-order valence-corrected chi connectivity index (χ1v) is 7.39. The molecule has 0 unspecified atom stereocenters. The third-order valence-corrected chi connectivity index (χ3v) is 5.40. The highest BCUT2D eigenvalue weighted by Crippen LogP contribution is 2.40. The van der Waals surface area contributed by atoms with E-state index in [0.29, 0.717) is 0 Å². The number of aryl methyl sites for hydroxylation is 1. The van der Waals surface area contributed by atoms with E-state index in [1.54, 1.807) is 0 Å². The molecule has 0 spiro atoms. The van der Waals surface area contributed by atoms with E-state index in [1.807, 2.05) is 11.8 Å². The van der Waals surface area contributed by atoms with Crippen molar-refractivity contribution in [1.82, 2.24) is 9.88 Å². The minimum Gasteiger partial charge on any atom is -0.342 e. The van der Waals surface area contributed by atoms with Crippen molar-refractivity contribution in [2.24, 2.45) is 0 Å². The predicted molar refractivity (Wildman–Crippen MR) is 84.9 cm³/mol. The Kier molecular flexibility index (Phi) is 3.77. The monoisotopic (exact) mass is 274 g/mol. The molecule has 0 saturated carbocycles. The zero-order chi connectivity index (χ0) is 14.3. The third kappa shape index (κ3) is 2.44. The lowest BCUT2D eigenvalue weighted by Crippen LogP contribution is -2.09. The number of thioether (sulfide) groups is 1. The molecular weight excluding hydrogens is 252 g/mol. The lowest BCUT2D eigenvalue weighted by molar-refractivity contribution is 0.567. The topological polar surface area (TPSA) is 16.1 Å². The smallest absolute Gasteiger partial charge is 0.0814 e. The summed E-state index contributed by atoms with van der Waals surface area (Å²) >= 11 is 1.83. The fraction of sp³-hybridized carbons (Fsp3) is 0.438. The summed E-state index contributed by atoms with van der Waals surface area (Å²) < 4.78 is 0. The van der Waals surface area contributed by atoms with Gasteiger partial charge in [-0.05, 0) is 64.3 Å². The van der Waals surface area contributed by atoms with Crippen LogP contribution in [0.15, 0.2) is 15.6 Å². The van der Waals surface area contributed by atoms with Gasteiger partial charge in [-0.1, -0.05) is 11.8 Å². The summed E-state index contributed by atoms with van der Waals surface area (Å²) in [7, 11) is 2.12. The van der Waals surface area contributed by atoms with Crippen LogP contribution in [0, 0.1) is 27.7 Å². The van der Waals surface area contributed by atoms with Gasteiger partial charge in [0.15, 0.2) is 0 Å². The van der Waals surface area contributed by atoms with Gasteiger partial charge in [-0.25, -0.2) is 0 Å². The van der Waals surface area contributed by atoms with Crippen LogP contribution in [0.1, 0.15) is 41.9 Å². The Morgan fingerprint density at radius 3 is 2.11 bits per heavy atom. The van der Waals surface area contributed by atoms with Crippen molar-refractivity contribution in [3.8, 4) is 0 Å². The molecule has 1 aromatic rings. The molecule has 0 bridgehead atoms. The maximum Gasteiger partial charge on any atom is 0.0814 e. The summed E-state index contributed by atoms with van der Waals surface area (Å²) in [6.07, 6.45) is 2.21. The summed E-state index contributed by atoms with van der Waals surface area (Å²) in [4.78, 5) is 8.36. The molecule has 102 valence electrons. The van der Waals surface area contributed by atoms with Crippen LogP contribution in [0.2, 0.25) is 0 Å². The van der Waals surface area contributed by atoms with Crippen LogP contribution in [0.3, 0.4) is 0 Å². The first-order chi connectivity index (χ1) is 8.82. The van der Waals surface area contributed by atoms with Gasteiger partial charge in [0.2, 0.25) is 0 Å². The Hall–Kier alpha value is -1.22. The molecule has 0 saturated heterocycles.